The number of nitrogens with one attached hydrogen (secondary N) is 2. The van der Waals surface area contributed by atoms with Crippen molar-refractivity contribution in [3.8, 4) is 5.75 Å². The number of rotatable bonds is 6. The first kappa shape index (κ1) is 27.1. The number of anilines is 1. The van der Waals surface area contributed by atoms with Gasteiger partial charge in [-0.2, -0.15) is 0 Å². The van der Waals surface area contributed by atoms with Gasteiger partial charge in [-0.3, -0.25) is 14.4 Å². The van der Waals surface area contributed by atoms with Crippen LogP contribution in [0, 0.1) is 11.7 Å². The molecule has 2 N–H and O–H groups in total. The highest BCUT2D eigenvalue weighted by atomic mass is 19.1. The van der Waals surface area contributed by atoms with Crippen molar-refractivity contribution < 1.29 is 28.2 Å². The van der Waals surface area contributed by atoms with Crippen molar-refractivity contribution in [2.75, 3.05) is 25.5 Å². The summed E-state index contributed by atoms with van der Waals surface area (Å²) >= 11 is 0. The minimum Gasteiger partial charge on any atom is -0.490 e. The van der Waals surface area contributed by atoms with Crippen molar-refractivity contribution in [2.45, 2.75) is 69.6 Å². The third kappa shape index (κ3) is 6.58. The van der Waals surface area contributed by atoms with E-state index < -0.39 is 11.7 Å². The van der Waals surface area contributed by atoms with E-state index in [1.165, 1.54) is 50.3 Å². The molecule has 2 fully saturated rings. The molecule has 0 spiro atoms. The molecule has 1 saturated heterocycles. The molecule has 3 amide bonds. The van der Waals surface area contributed by atoms with Crippen LogP contribution in [-0.2, 0) is 9.53 Å². The number of ether oxygens (including phenoxy) is 2. The second kappa shape index (κ2) is 12.2. The molecule has 3 atom stereocenters. The zero-order valence-electron chi connectivity index (χ0n) is 22.3. The van der Waals surface area contributed by atoms with E-state index in [9.17, 15) is 18.8 Å². The zero-order valence-corrected chi connectivity index (χ0v) is 22.3. The Balaban J connectivity index is 1.21. The van der Waals surface area contributed by atoms with Gasteiger partial charge in [-0.15, -0.1) is 0 Å². The number of fused-ring (bicyclic) bond motifs is 2. The Morgan fingerprint density at radius 2 is 1.87 bits per heavy atom. The lowest BCUT2D eigenvalue weighted by molar-refractivity contribution is -0.134. The van der Waals surface area contributed by atoms with E-state index in [2.05, 4.69) is 10.6 Å². The first-order chi connectivity index (χ1) is 18.9. The summed E-state index contributed by atoms with van der Waals surface area (Å²) in [7, 11) is 1.74. The van der Waals surface area contributed by atoms with Crippen molar-refractivity contribution in [3.63, 3.8) is 0 Å². The Morgan fingerprint density at radius 1 is 1.05 bits per heavy atom. The van der Waals surface area contributed by atoms with Gasteiger partial charge in [0, 0.05) is 24.8 Å². The van der Waals surface area contributed by atoms with Gasteiger partial charge in [-0.25, -0.2) is 4.39 Å². The number of likely N-dealkylation sites (N-methyl/N-ethyl adjacent to an activating group) is 1. The third-order valence-corrected chi connectivity index (χ3v) is 8.08. The summed E-state index contributed by atoms with van der Waals surface area (Å²) < 4.78 is 25.8. The van der Waals surface area contributed by atoms with Gasteiger partial charge in [-0.1, -0.05) is 25.3 Å². The van der Waals surface area contributed by atoms with E-state index in [1.54, 1.807) is 30.1 Å². The maximum absolute atomic E-state index is 13.5. The zero-order chi connectivity index (χ0) is 27.4. The molecule has 8 nitrogen and oxygen atoms in total. The summed E-state index contributed by atoms with van der Waals surface area (Å²) in [6.45, 7) is 0.976. The van der Waals surface area contributed by atoms with Crippen LogP contribution in [0.15, 0.2) is 42.5 Å². The predicted octanol–water partition coefficient (Wildman–Crippen LogP) is 4.55. The normalized spacial score (nSPS) is 23.5. The van der Waals surface area contributed by atoms with Gasteiger partial charge in [0.25, 0.3) is 11.8 Å². The summed E-state index contributed by atoms with van der Waals surface area (Å²) in [4.78, 5) is 40.3. The van der Waals surface area contributed by atoms with Gasteiger partial charge in [-0.05, 0) is 68.0 Å². The van der Waals surface area contributed by atoms with E-state index >= 15 is 0 Å². The van der Waals surface area contributed by atoms with Crippen molar-refractivity contribution >= 4 is 23.4 Å². The van der Waals surface area contributed by atoms with Crippen molar-refractivity contribution in [2.24, 2.45) is 5.92 Å². The van der Waals surface area contributed by atoms with Crippen LogP contribution in [0.1, 0.15) is 72.1 Å². The molecular formula is C30H36FN3O5. The Labute approximate surface area is 228 Å². The lowest BCUT2D eigenvalue weighted by Crippen LogP contribution is -2.54. The number of nitrogens with zero attached hydrogens (tertiary/aromatic N) is 1. The monoisotopic (exact) mass is 537 g/mol. The van der Waals surface area contributed by atoms with E-state index in [1.807, 2.05) is 0 Å². The van der Waals surface area contributed by atoms with Crippen LogP contribution in [0.5, 0.6) is 5.75 Å². The summed E-state index contributed by atoms with van der Waals surface area (Å²) in [5, 5.41) is 5.82. The van der Waals surface area contributed by atoms with E-state index in [-0.39, 0.29) is 42.2 Å². The van der Waals surface area contributed by atoms with Gasteiger partial charge >= 0.3 is 0 Å². The molecule has 2 aromatic carbocycles. The molecular weight excluding hydrogens is 501 g/mol. The molecule has 39 heavy (non-hydrogen) atoms. The Morgan fingerprint density at radius 3 is 2.67 bits per heavy atom. The van der Waals surface area contributed by atoms with Gasteiger partial charge in [0.1, 0.15) is 24.3 Å². The number of hydrogen-bond acceptors (Lipinski definition) is 5. The lowest BCUT2D eigenvalue weighted by atomic mass is 9.89. The molecule has 1 aliphatic carbocycles. The Bertz CT molecular complexity index is 1210. The standard InChI is InChI=1S/C30H36FN3O5/c1-34-25-12-11-23(16-28(35)32-17-19-6-3-2-4-7-19)39-27(25)18-38-26-13-10-22(15-24(26)30(34)37)33-29(36)20-8-5-9-21(31)14-20/h5,8-10,13-15,19,23,25,27H,2-4,6-7,11-12,16-18H2,1H3,(H,32,35)(H,33,36)/t23-,25+,27+/m1/s1. The van der Waals surface area contributed by atoms with Crippen molar-refractivity contribution in [3.05, 3.63) is 59.4 Å². The first-order valence-electron chi connectivity index (χ1n) is 13.9. The van der Waals surface area contributed by atoms with Crippen LogP contribution in [0.25, 0.3) is 0 Å². The molecule has 0 bridgehead atoms. The number of hydrogen-bond donors (Lipinski definition) is 2. The molecule has 2 heterocycles. The fourth-order valence-electron chi connectivity index (χ4n) is 5.87. The van der Waals surface area contributed by atoms with E-state index in [0.29, 0.717) is 42.2 Å². The summed E-state index contributed by atoms with van der Waals surface area (Å²) in [6, 6.07) is 10.1. The fraction of sp³-hybridized carbons (Fsp3) is 0.500. The van der Waals surface area contributed by atoms with E-state index in [0.717, 1.165) is 12.6 Å². The maximum Gasteiger partial charge on any atom is 0.257 e. The molecule has 9 heteroatoms. The smallest absolute Gasteiger partial charge is 0.257 e. The molecule has 1 saturated carbocycles. The number of halogens is 1. The number of carbonyl (C=O) groups is 3. The van der Waals surface area contributed by atoms with Crippen LogP contribution >= 0.6 is 0 Å². The molecule has 0 unspecified atom stereocenters. The SMILES string of the molecule is CN1C(=O)c2cc(NC(=O)c3cccc(F)c3)ccc2OC[C@@H]2O[C@@H](CC(=O)NCC3CCCCC3)CC[C@@H]21. The summed E-state index contributed by atoms with van der Waals surface area (Å²) in [5.41, 5.74) is 0.919. The molecule has 208 valence electrons. The minimum absolute atomic E-state index is 0.0124. The number of amides is 3. The van der Waals surface area contributed by atoms with Gasteiger partial charge in [0.15, 0.2) is 0 Å². The average molecular weight is 538 g/mol. The highest BCUT2D eigenvalue weighted by Crippen LogP contribution is 2.33. The number of carbonyl (C=O) groups excluding carboxylic acids is 3. The summed E-state index contributed by atoms with van der Waals surface area (Å²) in [6.07, 6.45) is 7.25. The van der Waals surface area contributed by atoms with Crippen LogP contribution in [0.2, 0.25) is 0 Å². The highest BCUT2D eigenvalue weighted by Gasteiger charge is 2.39. The van der Waals surface area contributed by atoms with Crippen molar-refractivity contribution in [1.82, 2.24) is 10.2 Å². The quantitative estimate of drug-likeness (QED) is 0.564. The predicted molar refractivity (Wildman–Crippen MR) is 144 cm³/mol. The Hall–Kier alpha value is -3.46. The second-order valence-corrected chi connectivity index (χ2v) is 10.9. The topological polar surface area (TPSA) is 97.0 Å². The van der Waals surface area contributed by atoms with Crippen LogP contribution in [-0.4, -0.2) is 61.1 Å². The Kier molecular flexibility index (Phi) is 8.45. The largest absolute Gasteiger partial charge is 0.490 e. The molecule has 3 aliphatic rings. The van der Waals surface area contributed by atoms with Gasteiger partial charge < -0.3 is 25.0 Å². The molecule has 0 radical (unpaired) electrons. The summed E-state index contributed by atoms with van der Waals surface area (Å²) in [5.74, 6) is -0.236. The fourth-order valence-corrected chi connectivity index (χ4v) is 5.87. The first-order valence-corrected chi connectivity index (χ1v) is 13.9. The second-order valence-electron chi connectivity index (χ2n) is 10.9. The average Bonchev–Trinajstić information content (AvgIpc) is 2.94. The van der Waals surface area contributed by atoms with Crippen LogP contribution in [0.4, 0.5) is 10.1 Å². The van der Waals surface area contributed by atoms with Gasteiger partial charge in [0.05, 0.1) is 24.1 Å². The minimum atomic E-state index is -0.502. The molecule has 5 rings (SSSR count). The third-order valence-electron chi connectivity index (χ3n) is 8.08. The lowest BCUT2D eigenvalue weighted by Gasteiger charge is -2.42. The van der Waals surface area contributed by atoms with E-state index in [4.69, 9.17) is 9.47 Å². The maximum atomic E-state index is 13.5. The highest BCUT2D eigenvalue weighted by molar-refractivity contribution is 6.05. The molecule has 0 aromatic heterocycles. The van der Waals surface area contributed by atoms with Crippen LogP contribution in [0.3, 0.4) is 0 Å². The van der Waals surface area contributed by atoms with Crippen LogP contribution < -0.4 is 15.4 Å². The van der Waals surface area contributed by atoms with Crippen molar-refractivity contribution in [1.29, 1.82) is 0 Å². The van der Waals surface area contributed by atoms with Gasteiger partial charge in [0.2, 0.25) is 5.91 Å². The molecule has 2 aromatic rings. The number of benzene rings is 2. The molecule has 2 aliphatic heterocycles.